The Bertz CT molecular complexity index is 793. The van der Waals surface area contributed by atoms with E-state index < -0.39 is 0 Å². The van der Waals surface area contributed by atoms with Gasteiger partial charge in [-0.2, -0.15) is 0 Å². The molecule has 0 saturated heterocycles. The van der Waals surface area contributed by atoms with Gasteiger partial charge in [-0.1, -0.05) is 23.4 Å². The summed E-state index contributed by atoms with van der Waals surface area (Å²) < 4.78 is 8.24. The van der Waals surface area contributed by atoms with Crippen LogP contribution in [0.1, 0.15) is 5.69 Å². The summed E-state index contributed by atoms with van der Waals surface area (Å²) in [5.41, 5.74) is 1.44. The Morgan fingerprint density at radius 2 is 1.95 bits per heavy atom. The van der Waals surface area contributed by atoms with E-state index in [1.165, 1.54) is 11.7 Å². The van der Waals surface area contributed by atoms with Gasteiger partial charge in [0.1, 0.15) is 5.69 Å². The van der Waals surface area contributed by atoms with E-state index in [4.69, 9.17) is 4.74 Å². The molecule has 2 aromatic heterocycles. The highest BCUT2D eigenvalue weighted by Gasteiger charge is 2.07. The van der Waals surface area contributed by atoms with Crippen molar-refractivity contribution < 1.29 is 4.74 Å². The van der Waals surface area contributed by atoms with Crippen LogP contribution in [-0.2, 0) is 6.54 Å². The standard InChI is InChI=1S/C15H14N4O2/c1-21-14-8-5-9-18(15(14)20)10-12-11-19(17-16-12)13-6-3-2-4-7-13/h2-9,11H,10H2,1H3. The number of hydrogen-bond donors (Lipinski definition) is 0. The van der Waals surface area contributed by atoms with Gasteiger partial charge in [0.25, 0.3) is 5.56 Å². The van der Waals surface area contributed by atoms with Gasteiger partial charge >= 0.3 is 0 Å². The van der Waals surface area contributed by atoms with Gasteiger partial charge in [0, 0.05) is 6.20 Å². The van der Waals surface area contributed by atoms with Crippen LogP contribution in [0.15, 0.2) is 59.7 Å². The Morgan fingerprint density at radius 1 is 1.14 bits per heavy atom. The fourth-order valence-electron chi connectivity index (χ4n) is 2.05. The molecule has 6 heteroatoms. The molecule has 0 atom stereocenters. The summed E-state index contributed by atoms with van der Waals surface area (Å²) in [4.78, 5) is 12.1. The van der Waals surface area contributed by atoms with Crippen molar-refractivity contribution in [3.05, 3.63) is 70.9 Å². The number of methoxy groups -OCH3 is 1. The first-order valence-electron chi connectivity index (χ1n) is 6.48. The van der Waals surface area contributed by atoms with Crippen molar-refractivity contribution >= 4 is 0 Å². The summed E-state index contributed by atoms with van der Waals surface area (Å²) in [6, 6.07) is 13.1. The maximum Gasteiger partial charge on any atom is 0.293 e. The van der Waals surface area contributed by atoms with Gasteiger partial charge < -0.3 is 9.30 Å². The Hall–Kier alpha value is -2.89. The van der Waals surface area contributed by atoms with E-state index in [-0.39, 0.29) is 5.56 Å². The quantitative estimate of drug-likeness (QED) is 0.727. The first-order valence-corrected chi connectivity index (χ1v) is 6.48. The number of hydrogen-bond acceptors (Lipinski definition) is 4. The highest BCUT2D eigenvalue weighted by atomic mass is 16.5. The predicted molar refractivity (Wildman–Crippen MR) is 77.7 cm³/mol. The van der Waals surface area contributed by atoms with E-state index in [1.54, 1.807) is 29.2 Å². The zero-order chi connectivity index (χ0) is 14.7. The molecule has 2 heterocycles. The molecule has 1 aromatic carbocycles. The molecule has 6 nitrogen and oxygen atoms in total. The van der Waals surface area contributed by atoms with Gasteiger partial charge in [0.2, 0.25) is 0 Å². The third kappa shape index (κ3) is 2.69. The lowest BCUT2D eigenvalue weighted by Gasteiger charge is -2.04. The maximum absolute atomic E-state index is 12.1. The topological polar surface area (TPSA) is 61.9 Å². The summed E-state index contributed by atoms with van der Waals surface area (Å²) >= 11 is 0. The number of ether oxygens (including phenoxy) is 1. The molecule has 0 unspecified atom stereocenters. The van der Waals surface area contributed by atoms with Gasteiger partial charge in [-0.15, -0.1) is 5.10 Å². The van der Waals surface area contributed by atoms with Crippen molar-refractivity contribution in [1.82, 2.24) is 19.6 Å². The average Bonchev–Trinajstić information content (AvgIpc) is 2.99. The molecule has 0 saturated carbocycles. The van der Waals surface area contributed by atoms with Gasteiger partial charge in [-0.05, 0) is 24.3 Å². The predicted octanol–water partition coefficient (Wildman–Crippen LogP) is 1.49. The van der Waals surface area contributed by atoms with E-state index in [0.717, 1.165) is 5.69 Å². The van der Waals surface area contributed by atoms with Gasteiger partial charge in [-0.3, -0.25) is 4.79 Å². The highest BCUT2D eigenvalue weighted by Crippen LogP contribution is 2.07. The number of nitrogens with zero attached hydrogens (tertiary/aromatic N) is 4. The van der Waals surface area contributed by atoms with Crippen LogP contribution in [0.25, 0.3) is 5.69 Å². The molecule has 106 valence electrons. The minimum Gasteiger partial charge on any atom is -0.491 e. The van der Waals surface area contributed by atoms with Crippen LogP contribution >= 0.6 is 0 Å². The second-order valence-electron chi connectivity index (χ2n) is 4.50. The molecule has 0 bridgehead atoms. The molecule has 0 amide bonds. The molecule has 0 aliphatic carbocycles. The first kappa shape index (κ1) is 13.1. The van der Waals surface area contributed by atoms with Crippen LogP contribution in [0.3, 0.4) is 0 Å². The minimum atomic E-state index is -0.186. The van der Waals surface area contributed by atoms with Crippen molar-refractivity contribution in [3.8, 4) is 11.4 Å². The minimum absolute atomic E-state index is 0.186. The number of aromatic nitrogens is 4. The van der Waals surface area contributed by atoms with E-state index in [2.05, 4.69) is 10.3 Å². The Kier molecular flexibility index (Phi) is 3.51. The van der Waals surface area contributed by atoms with Crippen LogP contribution < -0.4 is 10.3 Å². The monoisotopic (exact) mass is 282 g/mol. The average molecular weight is 282 g/mol. The second kappa shape index (κ2) is 5.62. The molecule has 21 heavy (non-hydrogen) atoms. The number of para-hydroxylation sites is 1. The third-order valence-electron chi connectivity index (χ3n) is 3.10. The third-order valence-corrected chi connectivity index (χ3v) is 3.10. The SMILES string of the molecule is COc1cccn(Cc2cn(-c3ccccc3)nn2)c1=O. The lowest BCUT2D eigenvalue weighted by Crippen LogP contribution is -2.21. The molecular weight excluding hydrogens is 268 g/mol. The normalized spacial score (nSPS) is 10.5. The lowest BCUT2D eigenvalue weighted by atomic mass is 10.3. The fourth-order valence-corrected chi connectivity index (χ4v) is 2.05. The van der Waals surface area contributed by atoms with E-state index in [1.807, 2.05) is 30.3 Å². The molecular formula is C15H14N4O2. The van der Waals surface area contributed by atoms with Crippen molar-refractivity contribution in [2.45, 2.75) is 6.54 Å². The van der Waals surface area contributed by atoms with Crippen LogP contribution in [0, 0.1) is 0 Å². The van der Waals surface area contributed by atoms with Crippen molar-refractivity contribution in [2.24, 2.45) is 0 Å². The zero-order valence-corrected chi connectivity index (χ0v) is 11.5. The first-order chi connectivity index (χ1) is 10.3. The molecule has 0 fully saturated rings. The lowest BCUT2D eigenvalue weighted by molar-refractivity contribution is 0.403. The Morgan fingerprint density at radius 3 is 2.71 bits per heavy atom. The summed E-state index contributed by atoms with van der Waals surface area (Å²) in [6.07, 6.45) is 3.51. The molecule has 3 rings (SSSR count). The summed E-state index contributed by atoms with van der Waals surface area (Å²) in [5, 5.41) is 8.17. The number of pyridine rings is 1. The number of benzene rings is 1. The van der Waals surface area contributed by atoms with Crippen molar-refractivity contribution in [3.63, 3.8) is 0 Å². The smallest absolute Gasteiger partial charge is 0.293 e. The maximum atomic E-state index is 12.1. The van der Waals surface area contributed by atoms with Crippen LogP contribution in [0.2, 0.25) is 0 Å². The number of rotatable bonds is 4. The summed E-state index contributed by atoms with van der Waals surface area (Å²) in [5.74, 6) is 0.313. The molecule has 0 N–H and O–H groups in total. The Labute approximate surface area is 121 Å². The molecule has 3 aromatic rings. The van der Waals surface area contributed by atoms with Crippen LogP contribution in [0.5, 0.6) is 5.75 Å². The fraction of sp³-hybridized carbons (Fsp3) is 0.133. The highest BCUT2D eigenvalue weighted by molar-refractivity contribution is 5.30. The second-order valence-corrected chi connectivity index (χ2v) is 4.50. The zero-order valence-electron chi connectivity index (χ0n) is 11.5. The van der Waals surface area contributed by atoms with Crippen molar-refractivity contribution in [1.29, 1.82) is 0 Å². The largest absolute Gasteiger partial charge is 0.491 e. The van der Waals surface area contributed by atoms with Crippen LogP contribution in [0.4, 0.5) is 0 Å². The summed E-state index contributed by atoms with van der Waals surface area (Å²) in [7, 11) is 1.48. The molecule has 0 aliphatic heterocycles. The van der Waals surface area contributed by atoms with E-state index >= 15 is 0 Å². The van der Waals surface area contributed by atoms with Crippen LogP contribution in [-0.4, -0.2) is 26.7 Å². The van der Waals surface area contributed by atoms with Crippen molar-refractivity contribution in [2.75, 3.05) is 7.11 Å². The summed E-state index contributed by atoms with van der Waals surface area (Å²) in [6.45, 7) is 0.350. The Balaban J connectivity index is 1.87. The molecule has 0 spiro atoms. The van der Waals surface area contributed by atoms with Gasteiger partial charge in [-0.25, -0.2) is 4.68 Å². The van der Waals surface area contributed by atoms with Gasteiger partial charge in [0.05, 0.1) is 25.5 Å². The molecule has 0 aliphatic rings. The molecule has 0 radical (unpaired) electrons. The van der Waals surface area contributed by atoms with E-state index in [0.29, 0.717) is 18.0 Å². The van der Waals surface area contributed by atoms with E-state index in [9.17, 15) is 4.79 Å². The van der Waals surface area contributed by atoms with Gasteiger partial charge in [0.15, 0.2) is 5.75 Å².